The zero-order valence-corrected chi connectivity index (χ0v) is 22.8. The molecular formula is C26H28N6O7S. The number of ether oxygens (including phenoxy) is 4. The fraction of sp³-hybridized carbons (Fsp3) is 0.308. The zero-order valence-electron chi connectivity index (χ0n) is 21.9. The minimum absolute atomic E-state index is 0.136. The van der Waals surface area contributed by atoms with E-state index in [0.717, 1.165) is 5.56 Å². The van der Waals surface area contributed by atoms with Crippen LogP contribution in [0.4, 0.5) is 0 Å². The van der Waals surface area contributed by atoms with Crippen molar-refractivity contribution >= 4 is 21.6 Å². The van der Waals surface area contributed by atoms with E-state index >= 15 is 0 Å². The summed E-state index contributed by atoms with van der Waals surface area (Å²) in [6.45, 7) is 1.70. The van der Waals surface area contributed by atoms with E-state index in [-0.39, 0.29) is 24.0 Å². The Morgan fingerprint density at radius 2 is 1.73 bits per heavy atom. The van der Waals surface area contributed by atoms with Crippen LogP contribution in [0.3, 0.4) is 0 Å². The highest BCUT2D eigenvalue weighted by molar-refractivity contribution is 7.89. The fourth-order valence-corrected chi connectivity index (χ4v) is 5.55. The zero-order chi connectivity index (χ0) is 28.1. The third-order valence-electron chi connectivity index (χ3n) is 6.24. The Morgan fingerprint density at radius 3 is 2.45 bits per heavy atom. The summed E-state index contributed by atoms with van der Waals surface area (Å²) < 4.78 is 50.1. The van der Waals surface area contributed by atoms with Crippen molar-refractivity contribution in [3.8, 4) is 28.8 Å². The van der Waals surface area contributed by atoms with Crippen LogP contribution in [0.25, 0.3) is 17.0 Å². The van der Waals surface area contributed by atoms with Gasteiger partial charge in [-0.05, 0) is 48.5 Å². The number of rotatable bonds is 10. The van der Waals surface area contributed by atoms with Crippen LogP contribution in [0.15, 0.2) is 59.5 Å². The number of hydrogen-bond donors (Lipinski definition) is 1. The molecule has 5 rings (SSSR count). The first kappa shape index (κ1) is 27.3. The number of nitrogens with one attached hydrogen (secondary N) is 1. The Balaban J connectivity index is 1.18. The van der Waals surface area contributed by atoms with Crippen molar-refractivity contribution in [3.63, 3.8) is 0 Å². The molecule has 0 bridgehead atoms. The summed E-state index contributed by atoms with van der Waals surface area (Å²) in [6, 6.07) is 14.6. The second-order valence-electron chi connectivity index (χ2n) is 8.68. The molecule has 1 amide bonds. The molecule has 0 saturated carbocycles. The van der Waals surface area contributed by atoms with Gasteiger partial charge in [-0.15, -0.1) is 15.3 Å². The van der Waals surface area contributed by atoms with Crippen molar-refractivity contribution < 1.29 is 32.2 Å². The number of fused-ring (bicyclic) bond motifs is 1. The van der Waals surface area contributed by atoms with Crippen molar-refractivity contribution in [3.05, 3.63) is 60.2 Å². The maximum Gasteiger partial charge on any atom is 0.251 e. The topological polar surface area (TPSA) is 146 Å². The molecular weight excluding hydrogens is 540 g/mol. The summed E-state index contributed by atoms with van der Waals surface area (Å²) in [7, 11) is -0.506. The second-order valence-corrected chi connectivity index (χ2v) is 10.6. The van der Waals surface area contributed by atoms with Crippen LogP contribution < -0.4 is 19.5 Å². The largest absolute Gasteiger partial charge is 0.493 e. The first-order valence-corrected chi connectivity index (χ1v) is 13.9. The number of hydrogen-bond acceptors (Lipinski definition) is 10. The van der Waals surface area contributed by atoms with Gasteiger partial charge in [0.15, 0.2) is 23.0 Å². The molecule has 210 valence electrons. The fourth-order valence-electron chi connectivity index (χ4n) is 4.14. The lowest BCUT2D eigenvalue weighted by Crippen LogP contribution is -2.40. The molecule has 14 heteroatoms. The molecule has 1 N–H and O–H groups in total. The molecule has 1 aliphatic rings. The maximum atomic E-state index is 12.8. The van der Waals surface area contributed by atoms with Gasteiger partial charge >= 0.3 is 0 Å². The van der Waals surface area contributed by atoms with Gasteiger partial charge < -0.3 is 24.3 Å². The van der Waals surface area contributed by atoms with E-state index < -0.39 is 10.0 Å². The highest BCUT2D eigenvalue weighted by Gasteiger charge is 2.26. The van der Waals surface area contributed by atoms with E-state index in [4.69, 9.17) is 18.9 Å². The maximum absolute atomic E-state index is 12.8. The number of amides is 1. The van der Waals surface area contributed by atoms with E-state index in [1.54, 1.807) is 43.0 Å². The first-order valence-electron chi connectivity index (χ1n) is 12.4. The number of benzene rings is 2. The van der Waals surface area contributed by atoms with E-state index in [9.17, 15) is 13.2 Å². The number of carbonyl (C=O) groups is 1. The lowest BCUT2D eigenvalue weighted by molar-refractivity contribution is 0.0730. The van der Waals surface area contributed by atoms with E-state index in [0.29, 0.717) is 60.7 Å². The third-order valence-corrected chi connectivity index (χ3v) is 8.15. The average molecular weight is 569 g/mol. The molecule has 1 saturated heterocycles. The standard InChI is InChI=1S/C26H28N6O7S/c1-36-21-8-5-19(17-22(21)37-2)25-29-28-23-9-10-24(30-32(23)25)39-14-11-27-26(33)18-3-6-20(7-4-18)40(34,35)31-12-15-38-16-13-31/h3-10,17H,11-16H2,1-2H3,(H,27,33). The predicted molar refractivity (Wildman–Crippen MR) is 143 cm³/mol. The van der Waals surface area contributed by atoms with Gasteiger partial charge in [0.05, 0.1) is 38.9 Å². The SMILES string of the molecule is COc1ccc(-c2nnc3ccc(OCCNC(=O)c4ccc(S(=O)(=O)N5CCOCC5)cc4)nn23)cc1OC. The Bertz CT molecular complexity index is 1600. The van der Waals surface area contributed by atoms with Crippen LogP contribution in [0.2, 0.25) is 0 Å². The Labute approximate surface area is 230 Å². The lowest BCUT2D eigenvalue weighted by Gasteiger charge is -2.26. The Hall–Kier alpha value is -4.27. The molecule has 0 atom stereocenters. The van der Waals surface area contributed by atoms with Gasteiger partial charge in [-0.3, -0.25) is 4.79 Å². The van der Waals surface area contributed by atoms with Gasteiger partial charge in [-0.25, -0.2) is 8.42 Å². The van der Waals surface area contributed by atoms with Gasteiger partial charge in [-0.2, -0.15) is 8.82 Å². The molecule has 3 heterocycles. The molecule has 40 heavy (non-hydrogen) atoms. The van der Waals surface area contributed by atoms with Gasteiger partial charge in [0.25, 0.3) is 5.91 Å². The molecule has 1 fully saturated rings. The molecule has 1 aliphatic heterocycles. The molecule has 0 unspecified atom stereocenters. The predicted octanol–water partition coefficient (Wildman–Crippen LogP) is 1.64. The summed E-state index contributed by atoms with van der Waals surface area (Å²) in [5.74, 6) is 1.60. The quantitative estimate of drug-likeness (QED) is 0.280. The molecule has 0 radical (unpaired) electrons. The van der Waals surface area contributed by atoms with Crippen molar-refractivity contribution in [1.29, 1.82) is 0 Å². The lowest BCUT2D eigenvalue weighted by atomic mass is 10.2. The number of sulfonamides is 1. The van der Waals surface area contributed by atoms with E-state index in [1.807, 2.05) is 6.07 Å². The van der Waals surface area contributed by atoms with Crippen LogP contribution in [-0.2, 0) is 14.8 Å². The summed E-state index contributed by atoms with van der Waals surface area (Å²) >= 11 is 0. The highest BCUT2D eigenvalue weighted by Crippen LogP contribution is 2.31. The normalized spacial score (nSPS) is 14.2. The minimum Gasteiger partial charge on any atom is -0.493 e. The van der Waals surface area contributed by atoms with Gasteiger partial charge in [0.1, 0.15) is 6.61 Å². The van der Waals surface area contributed by atoms with Gasteiger partial charge in [0, 0.05) is 30.3 Å². The van der Waals surface area contributed by atoms with Gasteiger partial charge in [-0.1, -0.05) is 0 Å². The monoisotopic (exact) mass is 568 g/mol. The number of morpholine rings is 1. The first-order chi connectivity index (χ1) is 19.4. The van der Waals surface area contributed by atoms with E-state index in [2.05, 4.69) is 20.6 Å². The molecule has 0 aliphatic carbocycles. The number of carbonyl (C=O) groups excluding carboxylic acids is 1. The Kier molecular flexibility index (Phi) is 8.09. The van der Waals surface area contributed by atoms with Crippen molar-refractivity contribution in [2.24, 2.45) is 0 Å². The van der Waals surface area contributed by atoms with Crippen molar-refractivity contribution in [1.82, 2.24) is 29.4 Å². The average Bonchev–Trinajstić information content (AvgIpc) is 3.42. The summed E-state index contributed by atoms with van der Waals surface area (Å²) in [5.41, 5.74) is 1.60. The van der Waals surface area contributed by atoms with Gasteiger partial charge in [0.2, 0.25) is 15.9 Å². The summed E-state index contributed by atoms with van der Waals surface area (Å²) in [5, 5.41) is 15.6. The van der Waals surface area contributed by atoms with Crippen LogP contribution >= 0.6 is 0 Å². The highest BCUT2D eigenvalue weighted by atomic mass is 32.2. The molecule has 0 spiro atoms. The summed E-state index contributed by atoms with van der Waals surface area (Å²) in [4.78, 5) is 12.7. The van der Waals surface area contributed by atoms with E-state index in [1.165, 1.54) is 28.6 Å². The third kappa shape index (κ3) is 5.68. The Morgan fingerprint density at radius 1 is 0.975 bits per heavy atom. The number of nitrogens with zero attached hydrogens (tertiary/aromatic N) is 5. The molecule has 13 nitrogen and oxygen atoms in total. The molecule has 2 aromatic heterocycles. The van der Waals surface area contributed by atoms with Crippen LogP contribution in [0.1, 0.15) is 10.4 Å². The van der Waals surface area contributed by atoms with Crippen molar-refractivity contribution in [2.75, 3.05) is 53.7 Å². The summed E-state index contributed by atoms with van der Waals surface area (Å²) in [6.07, 6.45) is 0. The smallest absolute Gasteiger partial charge is 0.251 e. The van der Waals surface area contributed by atoms with Crippen LogP contribution in [0, 0.1) is 0 Å². The minimum atomic E-state index is -3.62. The number of aromatic nitrogens is 4. The molecule has 4 aromatic rings. The molecule has 2 aromatic carbocycles. The van der Waals surface area contributed by atoms with Crippen molar-refractivity contribution in [2.45, 2.75) is 4.90 Å². The van der Waals surface area contributed by atoms with Crippen LogP contribution in [0.5, 0.6) is 17.4 Å². The second kappa shape index (κ2) is 11.9. The van der Waals surface area contributed by atoms with Crippen LogP contribution in [-0.4, -0.2) is 92.1 Å². The number of methoxy groups -OCH3 is 2.